The molecule has 98 valence electrons. The molecule has 19 heavy (non-hydrogen) atoms. The molecule has 2 heterocycles. The zero-order valence-electron chi connectivity index (χ0n) is 11.2. The number of aromatic nitrogens is 1. The van der Waals surface area contributed by atoms with Gasteiger partial charge in [-0.1, -0.05) is 0 Å². The summed E-state index contributed by atoms with van der Waals surface area (Å²) in [5.41, 5.74) is 1.37. The van der Waals surface area contributed by atoms with E-state index in [-0.39, 0.29) is 0 Å². The third-order valence-corrected chi connectivity index (χ3v) is 5.88. The van der Waals surface area contributed by atoms with Crippen LogP contribution in [0.5, 0.6) is 0 Å². The monoisotopic (exact) mass is 254 g/mol. The van der Waals surface area contributed by atoms with Crippen molar-refractivity contribution in [2.24, 2.45) is 17.8 Å². The summed E-state index contributed by atoms with van der Waals surface area (Å²) in [6, 6.07) is 6.21. The summed E-state index contributed by atoms with van der Waals surface area (Å²) < 4.78 is 8.36. The Morgan fingerprint density at radius 1 is 1.00 bits per heavy atom. The van der Waals surface area contributed by atoms with Gasteiger partial charge in [-0.25, -0.2) is 0 Å². The van der Waals surface area contributed by atoms with E-state index >= 15 is 0 Å². The molecule has 0 N–H and O–H groups in total. The number of nitrogens with zero attached hydrogens (tertiary/aromatic N) is 1. The number of pyridine rings is 1. The van der Waals surface area contributed by atoms with Crippen LogP contribution >= 0.6 is 0 Å². The van der Waals surface area contributed by atoms with Gasteiger partial charge < -0.3 is 4.42 Å². The molecule has 2 heteroatoms. The van der Waals surface area contributed by atoms with Crippen LogP contribution in [0.15, 0.2) is 35.0 Å². The van der Waals surface area contributed by atoms with Crippen LogP contribution in [-0.2, 0) is 5.41 Å². The van der Waals surface area contributed by atoms with Gasteiger partial charge in [-0.2, -0.15) is 0 Å². The number of hydrogen-bond acceptors (Lipinski definition) is 1. The number of rotatable bonds is 1. The van der Waals surface area contributed by atoms with Crippen molar-refractivity contribution in [2.45, 2.75) is 43.9 Å². The summed E-state index contributed by atoms with van der Waals surface area (Å²) in [6.45, 7) is 0. The van der Waals surface area contributed by atoms with Crippen molar-refractivity contribution < 1.29 is 8.82 Å². The quantitative estimate of drug-likeness (QED) is 0.712. The van der Waals surface area contributed by atoms with Gasteiger partial charge in [0.1, 0.15) is 0 Å². The molecule has 4 aliphatic carbocycles. The topological polar surface area (TPSA) is 17.2 Å². The molecule has 0 amide bonds. The van der Waals surface area contributed by atoms with Gasteiger partial charge in [-0.15, -0.1) is 4.40 Å². The van der Waals surface area contributed by atoms with Crippen LogP contribution in [0.25, 0.3) is 5.71 Å². The maximum Gasteiger partial charge on any atom is 0.378 e. The lowest BCUT2D eigenvalue weighted by Gasteiger charge is -2.55. The highest BCUT2D eigenvalue weighted by Gasteiger charge is 2.54. The summed E-state index contributed by atoms with van der Waals surface area (Å²) >= 11 is 0. The molecule has 0 aromatic carbocycles. The second kappa shape index (κ2) is 3.41. The molecule has 4 saturated carbocycles. The predicted octanol–water partition coefficient (Wildman–Crippen LogP) is 3.49. The molecule has 0 unspecified atom stereocenters. The molecule has 0 aliphatic heterocycles. The Morgan fingerprint density at radius 2 is 1.68 bits per heavy atom. The fourth-order valence-corrected chi connectivity index (χ4v) is 5.56. The summed E-state index contributed by atoms with van der Waals surface area (Å²) in [7, 11) is 0. The van der Waals surface area contributed by atoms with Gasteiger partial charge in [0.25, 0.3) is 0 Å². The van der Waals surface area contributed by atoms with Crippen LogP contribution < -0.4 is 4.40 Å². The molecule has 4 aliphatic rings. The van der Waals surface area contributed by atoms with Crippen molar-refractivity contribution in [3.05, 3.63) is 36.4 Å². The Kier molecular flexibility index (Phi) is 1.88. The largest absolute Gasteiger partial charge is 0.402 e. The van der Waals surface area contributed by atoms with Gasteiger partial charge in [0.2, 0.25) is 6.20 Å². The highest BCUT2D eigenvalue weighted by atomic mass is 16.3. The van der Waals surface area contributed by atoms with Crippen molar-refractivity contribution >= 4 is 5.71 Å². The highest BCUT2D eigenvalue weighted by molar-refractivity contribution is 5.27. The van der Waals surface area contributed by atoms with E-state index < -0.39 is 0 Å². The first-order valence-electron chi connectivity index (χ1n) is 7.71. The molecule has 2 aromatic rings. The third-order valence-electron chi connectivity index (χ3n) is 5.88. The third kappa shape index (κ3) is 1.40. The first-order chi connectivity index (χ1) is 9.31. The number of oxazole rings is 1. The molecule has 0 atom stereocenters. The Hall–Kier alpha value is -1.31. The highest BCUT2D eigenvalue weighted by Crippen LogP contribution is 2.60. The molecule has 6 rings (SSSR count). The van der Waals surface area contributed by atoms with Gasteiger partial charge in [0, 0.05) is 11.5 Å². The standard InChI is InChI=1S/C17H20NO/c1-2-4-18-11-15(19-16(18)3-1)17-8-12-5-13(9-17)7-14(6-12)10-17/h1-4,11-14H,5-10H2/q+1. The maximum atomic E-state index is 6.22. The summed E-state index contributed by atoms with van der Waals surface area (Å²) in [5, 5.41) is 0. The Bertz CT molecular complexity index is 573. The molecular weight excluding hydrogens is 234 g/mol. The van der Waals surface area contributed by atoms with Gasteiger partial charge in [0.05, 0.1) is 6.07 Å². The first kappa shape index (κ1) is 10.5. The lowest BCUT2D eigenvalue weighted by atomic mass is 9.49. The van der Waals surface area contributed by atoms with E-state index in [1.807, 2.05) is 0 Å². The number of hydrogen-bond donors (Lipinski definition) is 0. The SMILES string of the molecule is c1cc[n+]2cc(C34CC5CC(CC(C5)C3)C4)oc2c1. The van der Waals surface area contributed by atoms with E-state index in [1.54, 1.807) is 0 Å². The van der Waals surface area contributed by atoms with E-state index in [2.05, 4.69) is 35.0 Å². The molecule has 0 spiro atoms. The predicted molar refractivity (Wildman–Crippen MR) is 71.7 cm³/mol. The molecule has 0 radical (unpaired) electrons. The van der Waals surface area contributed by atoms with E-state index in [9.17, 15) is 0 Å². The first-order valence-corrected chi connectivity index (χ1v) is 7.71. The van der Waals surface area contributed by atoms with Gasteiger partial charge in [0.15, 0.2) is 12.0 Å². The minimum absolute atomic E-state index is 0.376. The fourth-order valence-electron chi connectivity index (χ4n) is 5.56. The second-order valence-electron chi connectivity index (χ2n) is 7.24. The van der Waals surface area contributed by atoms with Crippen molar-refractivity contribution in [1.29, 1.82) is 0 Å². The minimum atomic E-state index is 0.376. The van der Waals surface area contributed by atoms with E-state index in [4.69, 9.17) is 4.42 Å². The van der Waals surface area contributed by atoms with E-state index in [1.165, 1.54) is 44.3 Å². The van der Waals surface area contributed by atoms with Crippen molar-refractivity contribution in [3.8, 4) is 0 Å². The van der Waals surface area contributed by atoms with Crippen molar-refractivity contribution in [2.75, 3.05) is 0 Å². The lowest BCUT2D eigenvalue weighted by Crippen LogP contribution is -2.48. The number of fused-ring (bicyclic) bond motifs is 1. The Morgan fingerprint density at radius 3 is 2.32 bits per heavy atom. The van der Waals surface area contributed by atoms with E-state index in [0.29, 0.717) is 5.41 Å². The lowest BCUT2D eigenvalue weighted by molar-refractivity contribution is -0.513. The molecule has 2 aromatic heterocycles. The maximum absolute atomic E-state index is 6.22. The van der Waals surface area contributed by atoms with Crippen LogP contribution in [0.2, 0.25) is 0 Å². The van der Waals surface area contributed by atoms with Crippen molar-refractivity contribution in [1.82, 2.24) is 0 Å². The summed E-state index contributed by atoms with van der Waals surface area (Å²) in [6.07, 6.45) is 13.0. The zero-order valence-corrected chi connectivity index (χ0v) is 11.2. The molecule has 0 saturated heterocycles. The zero-order chi connectivity index (χ0) is 12.4. The smallest absolute Gasteiger partial charge is 0.378 e. The van der Waals surface area contributed by atoms with Crippen LogP contribution in [0.4, 0.5) is 0 Å². The van der Waals surface area contributed by atoms with Gasteiger partial charge in [-0.05, 0) is 62.3 Å². The average Bonchev–Trinajstić information content (AvgIpc) is 2.81. The normalized spacial score (nSPS) is 40.1. The minimum Gasteiger partial charge on any atom is -0.402 e. The van der Waals surface area contributed by atoms with Crippen LogP contribution in [0.3, 0.4) is 0 Å². The Labute approximate surface area is 113 Å². The summed E-state index contributed by atoms with van der Waals surface area (Å²) in [5.74, 6) is 4.19. The van der Waals surface area contributed by atoms with Gasteiger partial charge >= 0.3 is 5.71 Å². The average molecular weight is 254 g/mol. The van der Waals surface area contributed by atoms with Crippen LogP contribution in [0, 0.1) is 17.8 Å². The van der Waals surface area contributed by atoms with Gasteiger partial charge in [-0.3, -0.25) is 0 Å². The summed E-state index contributed by atoms with van der Waals surface area (Å²) in [4.78, 5) is 0. The van der Waals surface area contributed by atoms with Crippen LogP contribution in [0.1, 0.15) is 44.3 Å². The molecule has 4 fully saturated rings. The Balaban J connectivity index is 1.64. The second-order valence-corrected chi connectivity index (χ2v) is 7.24. The van der Waals surface area contributed by atoms with E-state index in [0.717, 1.165) is 23.5 Å². The molecular formula is C17H20NO+. The fraction of sp³-hybridized carbons (Fsp3) is 0.588. The molecule has 4 bridgehead atoms. The molecule has 2 nitrogen and oxygen atoms in total. The van der Waals surface area contributed by atoms with Crippen molar-refractivity contribution in [3.63, 3.8) is 0 Å². The van der Waals surface area contributed by atoms with Crippen LogP contribution in [-0.4, -0.2) is 0 Å².